The molecule has 2 aromatic rings. The van der Waals surface area contributed by atoms with Crippen LogP contribution in [0.2, 0.25) is 0 Å². The Balaban J connectivity index is 1.84. The number of amides is 1. The van der Waals surface area contributed by atoms with Gasteiger partial charge in [0.25, 0.3) is 10.0 Å². The molecule has 0 radical (unpaired) electrons. The maximum Gasteiger partial charge on any atom is 0.257 e. The number of hydrogen-bond acceptors (Lipinski definition) is 5. The Morgan fingerprint density at radius 1 is 1.00 bits per heavy atom. The fourth-order valence-electron chi connectivity index (χ4n) is 2.13. The van der Waals surface area contributed by atoms with Gasteiger partial charge in [0.1, 0.15) is 11.6 Å². The van der Waals surface area contributed by atoms with E-state index in [2.05, 4.69) is 5.43 Å². The molecular weight excluding hydrogens is 375 g/mol. The van der Waals surface area contributed by atoms with Gasteiger partial charge in [-0.05, 0) is 55.5 Å². The van der Waals surface area contributed by atoms with Crippen LogP contribution >= 0.6 is 0 Å². The normalized spacial score (nSPS) is 11.0. The first-order valence-corrected chi connectivity index (χ1v) is 9.62. The molecule has 7 nitrogen and oxygen atoms in total. The van der Waals surface area contributed by atoms with E-state index in [1.54, 1.807) is 0 Å². The number of carbonyl (C=O) groups is 2. The summed E-state index contributed by atoms with van der Waals surface area (Å²) in [6.45, 7) is 2.26. The molecule has 0 bridgehead atoms. The number of carbonyl (C=O) groups excluding carboxylic acids is 2. The summed E-state index contributed by atoms with van der Waals surface area (Å²) in [6, 6.07) is 10.6. The van der Waals surface area contributed by atoms with Gasteiger partial charge in [-0.15, -0.1) is 4.83 Å². The highest BCUT2D eigenvalue weighted by molar-refractivity contribution is 7.89. The molecule has 2 rings (SSSR count). The van der Waals surface area contributed by atoms with Crippen LogP contribution in [0, 0.1) is 5.82 Å². The fraction of sp³-hybridized carbons (Fsp3) is 0.222. The van der Waals surface area contributed by atoms with Crippen LogP contribution in [0.3, 0.4) is 0 Å². The van der Waals surface area contributed by atoms with E-state index in [1.165, 1.54) is 36.4 Å². The van der Waals surface area contributed by atoms with Crippen molar-refractivity contribution < 1.29 is 27.1 Å². The third kappa shape index (κ3) is 6.15. The number of rotatable bonds is 9. The second-order valence-corrected chi connectivity index (χ2v) is 7.17. The van der Waals surface area contributed by atoms with Crippen LogP contribution in [-0.2, 0) is 14.8 Å². The van der Waals surface area contributed by atoms with E-state index in [9.17, 15) is 22.4 Å². The molecule has 0 atom stereocenters. The maximum absolute atomic E-state index is 12.8. The highest BCUT2D eigenvalue weighted by Gasteiger charge is 2.16. The Kier molecular flexibility index (Phi) is 7.03. The van der Waals surface area contributed by atoms with Gasteiger partial charge in [-0.2, -0.15) is 0 Å². The molecule has 27 heavy (non-hydrogen) atoms. The first kappa shape index (κ1) is 20.5. The Morgan fingerprint density at radius 2 is 1.63 bits per heavy atom. The SMILES string of the molecule is CCOc1ccc(S(=O)(=O)NNC(=O)CCC(=O)c2ccc(F)cc2)cc1. The lowest BCUT2D eigenvalue weighted by Gasteiger charge is -2.09. The van der Waals surface area contributed by atoms with Gasteiger partial charge in [0.2, 0.25) is 5.91 Å². The summed E-state index contributed by atoms with van der Waals surface area (Å²) in [5.41, 5.74) is 2.33. The number of hydrogen-bond donors (Lipinski definition) is 2. The topological polar surface area (TPSA) is 102 Å². The van der Waals surface area contributed by atoms with Crippen molar-refractivity contribution in [3.63, 3.8) is 0 Å². The summed E-state index contributed by atoms with van der Waals surface area (Å²) >= 11 is 0. The zero-order chi connectivity index (χ0) is 19.9. The molecule has 0 aliphatic heterocycles. The average Bonchev–Trinajstić information content (AvgIpc) is 2.66. The van der Waals surface area contributed by atoms with Crippen molar-refractivity contribution >= 4 is 21.7 Å². The zero-order valence-electron chi connectivity index (χ0n) is 14.6. The predicted molar refractivity (Wildman–Crippen MR) is 96.0 cm³/mol. The number of halogens is 1. The molecule has 0 spiro atoms. The highest BCUT2D eigenvalue weighted by Crippen LogP contribution is 2.15. The first-order valence-electron chi connectivity index (χ1n) is 8.14. The molecule has 1 amide bonds. The van der Waals surface area contributed by atoms with E-state index >= 15 is 0 Å². The third-order valence-electron chi connectivity index (χ3n) is 3.52. The minimum atomic E-state index is -3.95. The van der Waals surface area contributed by atoms with Gasteiger partial charge in [-0.25, -0.2) is 12.8 Å². The molecule has 0 heterocycles. The van der Waals surface area contributed by atoms with Crippen molar-refractivity contribution in [2.75, 3.05) is 6.61 Å². The zero-order valence-corrected chi connectivity index (χ0v) is 15.4. The summed E-state index contributed by atoms with van der Waals surface area (Å²) < 4.78 is 42.3. The van der Waals surface area contributed by atoms with Crippen molar-refractivity contribution in [1.29, 1.82) is 0 Å². The first-order chi connectivity index (χ1) is 12.8. The van der Waals surface area contributed by atoms with Crippen LogP contribution < -0.4 is 15.0 Å². The minimum Gasteiger partial charge on any atom is -0.494 e. The average molecular weight is 394 g/mol. The van der Waals surface area contributed by atoms with Crippen molar-refractivity contribution in [2.45, 2.75) is 24.7 Å². The van der Waals surface area contributed by atoms with E-state index in [0.717, 1.165) is 12.1 Å². The predicted octanol–water partition coefficient (Wildman–Crippen LogP) is 2.20. The van der Waals surface area contributed by atoms with Crippen LogP contribution in [0.25, 0.3) is 0 Å². The fourth-order valence-corrected chi connectivity index (χ4v) is 2.99. The molecule has 2 aromatic carbocycles. The standard InChI is InChI=1S/C18H19FN2O5S/c1-2-26-15-7-9-16(10-8-15)27(24,25)21-20-18(23)12-11-17(22)13-3-5-14(19)6-4-13/h3-10,21H,2,11-12H2,1H3,(H,20,23). The summed E-state index contributed by atoms with van der Waals surface area (Å²) in [7, 11) is -3.95. The highest BCUT2D eigenvalue weighted by atomic mass is 32.2. The number of Topliss-reactive ketones (excluding diaryl/α,β-unsaturated/α-hetero) is 1. The molecular formula is C18H19FN2O5S. The van der Waals surface area contributed by atoms with Gasteiger partial charge < -0.3 is 4.74 Å². The summed E-state index contributed by atoms with van der Waals surface area (Å²) in [5, 5.41) is 0. The van der Waals surface area contributed by atoms with Crippen LogP contribution in [-0.4, -0.2) is 26.7 Å². The Labute approximate surface area is 156 Å². The van der Waals surface area contributed by atoms with E-state index < -0.39 is 21.7 Å². The molecule has 0 saturated heterocycles. The number of nitrogens with one attached hydrogen (secondary N) is 2. The lowest BCUT2D eigenvalue weighted by molar-refractivity contribution is -0.121. The van der Waals surface area contributed by atoms with Gasteiger partial charge in [0.05, 0.1) is 11.5 Å². The van der Waals surface area contributed by atoms with Crippen molar-refractivity contribution in [2.24, 2.45) is 0 Å². The smallest absolute Gasteiger partial charge is 0.257 e. The van der Waals surface area contributed by atoms with E-state index in [1.807, 2.05) is 11.8 Å². The number of benzene rings is 2. The molecule has 0 fully saturated rings. The van der Waals surface area contributed by atoms with E-state index in [4.69, 9.17) is 4.74 Å². The van der Waals surface area contributed by atoms with Crippen LogP contribution in [0.1, 0.15) is 30.1 Å². The number of hydrazine groups is 1. The molecule has 9 heteroatoms. The Bertz CT molecular complexity index is 896. The number of sulfonamides is 1. The number of ketones is 1. The second-order valence-electron chi connectivity index (χ2n) is 5.49. The van der Waals surface area contributed by atoms with Crippen molar-refractivity contribution in [3.05, 3.63) is 59.9 Å². The molecule has 144 valence electrons. The van der Waals surface area contributed by atoms with Gasteiger partial charge in [-0.1, -0.05) is 0 Å². The lowest BCUT2D eigenvalue weighted by Crippen LogP contribution is -2.41. The van der Waals surface area contributed by atoms with E-state index in [0.29, 0.717) is 12.4 Å². The Morgan fingerprint density at radius 3 is 2.22 bits per heavy atom. The number of ether oxygens (including phenoxy) is 1. The van der Waals surface area contributed by atoms with Gasteiger partial charge in [-0.3, -0.25) is 15.0 Å². The molecule has 2 N–H and O–H groups in total. The van der Waals surface area contributed by atoms with Crippen molar-refractivity contribution in [3.8, 4) is 5.75 Å². The molecule has 0 unspecified atom stereocenters. The summed E-state index contributed by atoms with van der Waals surface area (Å²) in [6.07, 6.45) is -0.357. The monoisotopic (exact) mass is 394 g/mol. The molecule has 0 aliphatic rings. The summed E-state index contributed by atoms with van der Waals surface area (Å²) in [5.74, 6) is -0.952. The van der Waals surface area contributed by atoms with Gasteiger partial charge in [0.15, 0.2) is 5.78 Å². The minimum absolute atomic E-state index is 0.0476. The van der Waals surface area contributed by atoms with E-state index in [-0.39, 0.29) is 29.1 Å². The summed E-state index contributed by atoms with van der Waals surface area (Å²) in [4.78, 5) is 25.6. The largest absolute Gasteiger partial charge is 0.494 e. The quantitative estimate of drug-likeness (QED) is 0.502. The molecule has 0 aromatic heterocycles. The van der Waals surface area contributed by atoms with Gasteiger partial charge in [0, 0.05) is 18.4 Å². The van der Waals surface area contributed by atoms with Crippen LogP contribution in [0.4, 0.5) is 4.39 Å². The Hall–Kier alpha value is -2.78. The third-order valence-corrected chi connectivity index (χ3v) is 4.78. The molecule has 0 saturated carbocycles. The van der Waals surface area contributed by atoms with Gasteiger partial charge >= 0.3 is 0 Å². The van der Waals surface area contributed by atoms with Crippen molar-refractivity contribution in [1.82, 2.24) is 10.3 Å². The maximum atomic E-state index is 12.8. The van der Waals surface area contributed by atoms with Crippen LogP contribution in [0.5, 0.6) is 5.75 Å². The second kappa shape index (κ2) is 9.24. The lowest BCUT2D eigenvalue weighted by atomic mass is 10.1. The molecule has 0 aliphatic carbocycles. The van der Waals surface area contributed by atoms with Crippen LogP contribution in [0.15, 0.2) is 53.4 Å².